The Bertz CT molecular complexity index is 788. The van der Waals surface area contributed by atoms with Crippen LogP contribution in [-0.2, 0) is 4.79 Å². The van der Waals surface area contributed by atoms with Crippen molar-refractivity contribution in [3.8, 4) is 0 Å². The van der Waals surface area contributed by atoms with Gasteiger partial charge in [0, 0.05) is 30.1 Å². The van der Waals surface area contributed by atoms with Gasteiger partial charge >= 0.3 is 0 Å². The second-order valence-corrected chi connectivity index (χ2v) is 5.14. The zero-order valence-electron chi connectivity index (χ0n) is 10.2. The summed E-state index contributed by atoms with van der Waals surface area (Å²) >= 11 is 2.01. The Morgan fingerprint density at radius 2 is 1.84 bits per heavy atom. The molecule has 0 saturated carbocycles. The number of aromatic nitrogens is 2. The van der Waals surface area contributed by atoms with Crippen molar-refractivity contribution in [2.24, 2.45) is 0 Å². The molecule has 5 heteroatoms. The first-order valence-electron chi connectivity index (χ1n) is 5.77. The van der Waals surface area contributed by atoms with E-state index in [1.54, 1.807) is 22.4 Å². The average Bonchev–Trinajstić information content (AvgIpc) is 2.45. The molecule has 0 N–H and O–H groups in total. The van der Waals surface area contributed by atoms with E-state index >= 15 is 0 Å². The van der Waals surface area contributed by atoms with Crippen LogP contribution in [0.3, 0.4) is 0 Å². The summed E-state index contributed by atoms with van der Waals surface area (Å²) in [5.41, 5.74) is 2.52. The number of amides is 1. The maximum Gasteiger partial charge on any atom is 0.232 e. The Hall–Kier alpha value is -1.76. The summed E-state index contributed by atoms with van der Waals surface area (Å²) in [6.45, 7) is 1.54. The van der Waals surface area contributed by atoms with Crippen LogP contribution in [0, 0.1) is 0 Å². The molecular weight excluding hydrogens is 353 g/mol. The van der Waals surface area contributed by atoms with E-state index < -0.39 is 0 Å². The number of benzene rings is 1. The quantitative estimate of drug-likeness (QED) is 0.378. The summed E-state index contributed by atoms with van der Waals surface area (Å²) in [4.78, 5) is 20.4. The normalized spacial score (nSPS) is 10.8. The Kier molecular flexibility index (Phi) is 3.06. The van der Waals surface area contributed by atoms with Gasteiger partial charge in [0.2, 0.25) is 5.91 Å². The van der Waals surface area contributed by atoms with E-state index in [-0.39, 0.29) is 5.91 Å². The molecule has 2 aromatic heterocycles. The summed E-state index contributed by atoms with van der Waals surface area (Å²) in [5, 5.41) is 1.91. The molecule has 0 atom stereocenters. The number of hydrogen-bond donors (Lipinski definition) is 0. The van der Waals surface area contributed by atoms with Gasteiger partial charge in [0.15, 0.2) is 0 Å². The monoisotopic (exact) mass is 363 g/mol. The first kappa shape index (κ1) is 12.3. The fraction of sp³-hybridized carbons (Fsp3) is 0.0714. The molecule has 3 aromatic rings. The molecule has 0 fully saturated rings. The second kappa shape index (κ2) is 4.73. The molecule has 1 amide bonds. The largest absolute Gasteiger partial charge is 0.274 e. The molecule has 0 saturated heterocycles. The third-order valence-electron chi connectivity index (χ3n) is 2.93. The first-order chi connectivity index (χ1) is 9.18. The van der Waals surface area contributed by atoms with Crippen LogP contribution in [0.2, 0.25) is 0 Å². The molecule has 0 bridgehead atoms. The van der Waals surface area contributed by atoms with Crippen LogP contribution in [0.1, 0.15) is 6.92 Å². The minimum absolute atomic E-state index is 0.0195. The molecule has 0 unspecified atom stereocenters. The molecule has 3 rings (SSSR count). The van der Waals surface area contributed by atoms with Gasteiger partial charge in [0.1, 0.15) is 0 Å². The number of nitrogens with zero attached hydrogens (tertiary/aromatic N) is 3. The van der Waals surface area contributed by atoms with E-state index in [2.05, 4.69) is 9.97 Å². The Morgan fingerprint density at radius 3 is 2.58 bits per heavy atom. The molecule has 4 nitrogen and oxygen atoms in total. The van der Waals surface area contributed by atoms with Gasteiger partial charge in [-0.2, -0.15) is 0 Å². The van der Waals surface area contributed by atoms with Crippen LogP contribution in [0.25, 0.3) is 21.8 Å². The van der Waals surface area contributed by atoms with Crippen LogP contribution in [0.5, 0.6) is 0 Å². The zero-order chi connectivity index (χ0) is 13.4. The lowest BCUT2D eigenvalue weighted by molar-refractivity contribution is -0.115. The molecule has 0 aliphatic heterocycles. The maximum atomic E-state index is 11.6. The Labute approximate surface area is 124 Å². The van der Waals surface area contributed by atoms with Gasteiger partial charge in [-0.25, -0.2) is 0 Å². The summed E-state index contributed by atoms with van der Waals surface area (Å²) in [6.07, 6.45) is 3.49. The topological polar surface area (TPSA) is 46.1 Å². The standard InChI is InChI=1S/C14H10IN3O/c1-9(19)18(15)12-8-10-4-2-6-16-13(10)14-11(12)5-3-7-17-14/h2-8H,1H3. The molecule has 0 radical (unpaired) electrons. The van der Waals surface area contributed by atoms with Crippen LogP contribution < -0.4 is 3.11 Å². The Morgan fingerprint density at radius 1 is 1.16 bits per heavy atom. The van der Waals surface area contributed by atoms with Crippen LogP contribution >= 0.6 is 22.9 Å². The third kappa shape index (κ3) is 2.03. The van der Waals surface area contributed by atoms with Crippen molar-refractivity contribution in [2.75, 3.05) is 3.11 Å². The second-order valence-electron chi connectivity index (χ2n) is 4.17. The Balaban J connectivity index is 2.45. The summed E-state index contributed by atoms with van der Waals surface area (Å²) in [7, 11) is 0. The van der Waals surface area contributed by atoms with E-state index in [0.29, 0.717) is 0 Å². The predicted octanol–water partition coefficient (Wildman–Crippen LogP) is 3.49. The van der Waals surface area contributed by atoms with Crippen molar-refractivity contribution in [2.45, 2.75) is 6.92 Å². The molecule has 0 aliphatic carbocycles. The van der Waals surface area contributed by atoms with E-state index in [9.17, 15) is 4.79 Å². The van der Waals surface area contributed by atoms with E-state index in [1.807, 2.05) is 53.2 Å². The number of halogens is 1. The number of anilines is 1. The molecule has 19 heavy (non-hydrogen) atoms. The van der Waals surface area contributed by atoms with Crippen LogP contribution in [-0.4, -0.2) is 15.9 Å². The van der Waals surface area contributed by atoms with Gasteiger partial charge in [0.05, 0.1) is 39.6 Å². The number of fused-ring (bicyclic) bond motifs is 3. The molecule has 0 aliphatic rings. The minimum atomic E-state index is -0.0195. The number of carbonyl (C=O) groups excluding carboxylic acids is 1. The fourth-order valence-electron chi connectivity index (χ4n) is 2.09. The fourth-order valence-corrected chi connectivity index (χ4v) is 2.49. The first-order valence-corrected chi connectivity index (χ1v) is 6.74. The lowest BCUT2D eigenvalue weighted by Crippen LogP contribution is -2.16. The van der Waals surface area contributed by atoms with Crippen molar-refractivity contribution in [1.29, 1.82) is 0 Å². The number of carbonyl (C=O) groups is 1. The third-order valence-corrected chi connectivity index (χ3v) is 4.13. The SMILES string of the molecule is CC(=O)N(I)c1cc2cccnc2c2ncccc12. The molecule has 1 aromatic carbocycles. The molecular formula is C14H10IN3O. The lowest BCUT2D eigenvalue weighted by Gasteiger charge is -2.16. The zero-order valence-corrected chi connectivity index (χ0v) is 12.3. The highest BCUT2D eigenvalue weighted by atomic mass is 127. The van der Waals surface area contributed by atoms with E-state index in [4.69, 9.17) is 0 Å². The summed E-state index contributed by atoms with van der Waals surface area (Å²) < 4.78 is 1.61. The van der Waals surface area contributed by atoms with Crippen LogP contribution in [0.15, 0.2) is 42.7 Å². The predicted molar refractivity (Wildman–Crippen MR) is 84.2 cm³/mol. The minimum Gasteiger partial charge on any atom is -0.274 e. The van der Waals surface area contributed by atoms with Crippen molar-refractivity contribution >= 4 is 56.3 Å². The maximum absolute atomic E-state index is 11.6. The van der Waals surface area contributed by atoms with E-state index in [0.717, 1.165) is 27.5 Å². The highest BCUT2D eigenvalue weighted by Gasteiger charge is 2.14. The van der Waals surface area contributed by atoms with Crippen molar-refractivity contribution in [3.63, 3.8) is 0 Å². The molecule has 0 spiro atoms. The highest BCUT2D eigenvalue weighted by molar-refractivity contribution is 14.1. The smallest absolute Gasteiger partial charge is 0.232 e. The van der Waals surface area contributed by atoms with Gasteiger partial charge < -0.3 is 0 Å². The number of rotatable bonds is 1. The summed E-state index contributed by atoms with van der Waals surface area (Å²) in [5.74, 6) is -0.0195. The highest BCUT2D eigenvalue weighted by Crippen LogP contribution is 2.33. The molecule has 94 valence electrons. The lowest BCUT2D eigenvalue weighted by atomic mass is 10.1. The van der Waals surface area contributed by atoms with Crippen LogP contribution in [0.4, 0.5) is 5.69 Å². The van der Waals surface area contributed by atoms with Crippen molar-refractivity contribution in [3.05, 3.63) is 42.7 Å². The van der Waals surface area contributed by atoms with Crippen molar-refractivity contribution in [1.82, 2.24) is 9.97 Å². The number of pyridine rings is 2. The van der Waals surface area contributed by atoms with Crippen molar-refractivity contribution < 1.29 is 4.79 Å². The van der Waals surface area contributed by atoms with E-state index in [1.165, 1.54) is 0 Å². The summed E-state index contributed by atoms with van der Waals surface area (Å²) in [6, 6.07) is 9.66. The number of hydrogen-bond acceptors (Lipinski definition) is 3. The van der Waals surface area contributed by atoms with Gasteiger partial charge in [-0.05, 0) is 24.3 Å². The van der Waals surface area contributed by atoms with Gasteiger partial charge in [-0.15, -0.1) is 0 Å². The molecule has 2 heterocycles. The van der Waals surface area contributed by atoms with Gasteiger partial charge in [0.25, 0.3) is 0 Å². The average molecular weight is 363 g/mol. The van der Waals surface area contributed by atoms with Gasteiger partial charge in [-0.1, -0.05) is 6.07 Å². The van der Waals surface area contributed by atoms with Gasteiger partial charge in [-0.3, -0.25) is 17.9 Å².